The Morgan fingerprint density at radius 1 is 1.00 bits per heavy atom. The fraction of sp³-hybridized carbons (Fsp3) is 0.577. The zero-order valence-electron chi connectivity index (χ0n) is 20.1. The number of rotatable bonds is 1. The molecule has 1 saturated carbocycles. The minimum atomic E-state index is -1.51. The van der Waals surface area contributed by atoms with Crippen molar-refractivity contribution in [2.45, 2.75) is 83.2 Å². The minimum absolute atomic E-state index is 0.0343. The number of amides is 4. The van der Waals surface area contributed by atoms with Crippen LogP contribution in [0.15, 0.2) is 23.1 Å². The van der Waals surface area contributed by atoms with E-state index >= 15 is 0 Å². The number of nitrogens with one attached hydrogen (secondary N) is 1. The van der Waals surface area contributed by atoms with Crippen LogP contribution in [0.3, 0.4) is 0 Å². The lowest BCUT2D eigenvalue weighted by Gasteiger charge is -2.52. The molecule has 1 spiro atoms. The molecule has 3 aliphatic heterocycles. The summed E-state index contributed by atoms with van der Waals surface area (Å²) >= 11 is 0. The van der Waals surface area contributed by atoms with Gasteiger partial charge in [-0.25, -0.2) is 9.78 Å². The molecule has 1 N–H and O–H groups in total. The second-order valence-electron chi connectivity index (χ2n) is 10.5. The molecule has 3 fully saturated rings. The molecule has 184 valence electrons. The third kappa shape index (κ3) is 3.16. The van der Waals surface area contributed by atoms with Crippen LogP contribution in [-0.2, 0) is 16.0 Å². The van der Waals surface area contributed by atoms with Crippen molar-refractivity contribution in [2.24, 2.45) is 5.41 Å². The average molecular weight is 478 g/mol. The molecule has 1 aliphatic carbocycles. The number of aromatic nitrogens is 2. The number of pyridine rings is 1. The van der Waals surface area contributed by atoms with Crippen LogP contribution in [0.25, 0.3) is 5.65 Å². The first kappa shape index (κ1) is 22.2. The van der Waals surface area contributed by atoms with Crippen LogP contribution in [0.5, 0.6) is 0 Å². The Morgan fingerprint density at radius 3 is 2.54 bits per heavy atom. The summed E-state index contributed by atoms with van der Waals surface area (Å²) in [4.78, 5) is 63.0. The predicted octanol–water partition coefficient (Wildman–Crippen LogP) is 2.71. The van der Waals surface area contributed by atoms with E-state index in [2.05, 4.69) is 5.32 Å². The summed E-state index contributed by atoms with van der Waals surface area (Å²) in [7, 11) is 0. The first-order valence-electron chi connectivity index (χ1n) is 12.9. The van der Waals surface area contributed by atoms with Gasteiger partial charge in [-0.05, 0) is 44.2 Å². The highest BCUT2D eigenvalue weighted by Gasteiger charge is 2.63. The van der Waals surface area contributed by atoms with Crippen LogP contribution in [0.1, 0.15) is 68.9 Å². The molecule has 0 aromatic carbocycles. The van der Waals surface area contributed by atoms with E-state index in [9.17, 15) is 19.2 Å². The largest absolute Gasteiger partial charge is 0.352 e. The van der Waals surface area contributed by atoms with Crippen molar-refractivity contribution in [3.63, 3.8) is 0 Å². The van der Waals surface area contributed by atoms with Gasteiger partial charge in [-0.3, -0.25) is 29.0 Å². The highest BCUT2D eigenvalue weighted by Crippen LogP contribution is 2.46. The molecule has 9 nitrogen and oxygen atoms in total. The monoisotopic (exact) mass is 477 g/mol. The molecule has 0 radical (unpaired) electrons. The van der Waals surface area contributed by atoms with Crippen molar-refractivity contribution in [1.82, 2.24) is 19.6 Å². The number of nitrogens with zero attached hydrogens (tertiary/aromatic N) is 4. The fourth-order valence-corrected chi connectivity index (χ4v) is 6.78. The number of fused-ring (bicyclic) bond motifs is 5. The van der Waals surface area contributed by atoms with Gasteiger partial charge in [0.05, 0.1) is 11.6 Å². The fourth-order valence-electron chi connectivity index (χ4n) is 6.78. The van der Waals surface area contributed by atoms with Crippen molar-refractivity contribution in [1.29, 1.82) is 0 Å². The molecular weight excluding hydrogens is 446 g/mol. The second-order valence-corrected chi connectivity index (χ2v) is 10.5. The highest BCUT2D eigenvalue weighted by atomic mass is 16.2. The topological polar surface area (TPSA) is 104 Å². The predicted molar refractivity (Wildman–Crippen MR) is 129 cm³/mol. The van der Waals surface area contributed by atoms with Crippen LogP contribution in [-0.4, -0.2) is 50.8 Å². The zero-order valence-corrected chi connectivity index (χ0v) is 20.1. The first-order chi connectivity index (χ1) is 16.9. The van der Waals surface area contributed by atoms with E-state index in [1.54, 1.807) is 12.3 Å². The Balaban J connectivity index is 1.56. The van der Waals surface area contributed by atoms with Gasteiger partial charge in [-0.1, -0.05) is 38.2 Å². The number of anilines is 1. The maximum atomic E-state index is 14.3. The maximum absolute atomic E-state index is 14.3. The molecule has 9 heteroatoms. The summed E-state index contributed by atoms with van der Waals surface area (Å²) < 4.78 is 1.51. The van der Waals surface area contributed by atoms with E-state index in [-0.39, 0.29) is 18.0 Å². The van der Waals surface area contributed by atoms with Gasteiger partial charge in [0.1, 0.15) is 11.5 Å². The molecule has 2 aromatic rings. The number of urea groups is 1. The van der Waals surface area contributed by atoms with E-state index in [1.807, 2.05) is 17.9 Å². The summed E-state index contributed by atoms with van der Waals surface area (Å²) in [6.07, 6.45) is 9.53. The third-order valence-electron chi connectivity index (χ3n) is 8.55. The molecule has 4 aliphatic rings. The second kappa shape index (κ2) is 8.17. The van der Waals surface area contributed by atoms with Crippen LogP contribution in [0.4, 0.5) is 10.6 Å². The van der Waals surface area contributed by atoms with E-state index in [0.29, 0.717) is 30.0 Å². The molecule has 0 bridgehead atoms. The molecule has 2 saturated heterocycles. The number of barbiturate groups is 1. The Morgan fingerprint density at radius 2 is 1.74 bits per heavy atom. The number of imide groups is 2. The Bertz CT molecular complexity index is 1300. The van der Waals surface area contributed by atoms with Crippen molar-refractivity contribution < 1.29 is 14.4 Å². The van der Waals surface area contributed by atoms with E-state index in [1.165, 1.54) is 9.30 Å². The third-order valence-corrected chi connectivity index (χ3v) is 8.55. The first-order valence-corrected chi connectivity index (χ1v) is 12.9. The Kier molecular flexibility index (Phi) is 5.19. The van der Waals surface area contributed by atoms with Crippen molar-refractivity contribution in [3.8, 4) is 0 Å². The van der Waals surface area contributed by atoms with Gasteiger partial charge in [0, 0.05) is 25.2 Å². The van der Waals surface area contributed by atoms with Crippen LogP contribution >= 0.6 is 0 Å². The van der Waals surface area contributed by atoms with Gasteiger partial charge in [-0.2, -0.15) is 0 Å². The van der Waals surface area contributed by atoms with Gasteiger partial charge in [0.25, 0.3) is 5.56 Å². The zero-order chi connectivity index (χ0) is 24.3. The number of carbonyl (C=O) groups is 3. The van der Waals surface area contributed by atoms with E-state index in [0.717, 1.165) is 56.9 Å². The SMILES string of the molecule is Cc1cccn2c(=O)c3c(nc12)N1CCCCC[C@H]1[C@]1(C3)C(=O)NC(=O)N(C2CCCCC2)C1=O. The van der Waals surface area contributed by atoms with Gasteiger partial charge in [0.2, 0.25) is 11.8 Å². The molecule has 6 rings (SSSR count). The number of carbonyl (C=O) groups excluding carboxylic acids is 3. The van der Waals surface area contributed by atoms with Crippen molar-refractivity contribution >= 4 is 29.3 Å². The van der Waals surface area contributed by atoms with Crippen LogP contribution < -0.4 is 15.8 Å². The van der Waals surface area contributed by atoms with Crippen LogP contribution in [0.2, 0.25) is 0 Å². The summed E-state index contributed by atoms with van der Waals surface area (Å²) in [6.45, 7) is 2.54. The average Bonchev–Trinajstić information content (AvgIpc) is 3.11. The van der Waals surface area contributed by atoms with Gasteiger partial charge >= 0.3 is 6.03 Å². The minimum Gasteiger partial charge on any atom is -0.352 e. The smallest absolute Gasteiger partial charge is 0.331 e. The molecular formula is C26H31N5O4. The lowest BCUT2D eigenvalue weighted by molar-refractivity contribution is -0.155. The molecule has 35 heavy (non-hydrogen) atoms. The molecule has 2 aromatic heterocycles. The number of hydrogen-bond acceptors (Lipinski definition) is 6. The van der Waals surface area contributed by atoms with Gasteiger partial charge in [0.15, 0.2) is 5.41 Å². The summed E-state index contributed by atoms with van der Waals surface area (Å²) in [5, 5.41) is 2.54. The lowest BCUT2D eigenvalue weighted by Crippen LogP contribution is -2.73. The molecule has 5 heterocycles. The van der Waals surface area contributed by atoms with Crippen LogP contribution in [0, 0.1) is 12.3 Å². The van der Waals surface area contributed by atoms with Gasteiger partial charge in [-0.15, -0.1) is 0 Å². The quantitative estimate of drug-likeness (QED) is 0.634. The van der Waals surface area contributed by atoms with E-state index < -0.39 is 29.3 Å². The summed E-state index contributed by atoms with van der Waals surface area (Å²) in [6, 6.07) is 2.45. The van der Waals surface area contributed by atoms with Crippen molar-refractivity contribution in [3.05, 3.63) is 39.8 Å². The summed E-state index contributed by atoms with van der Waals surface area (Å²) in [5.41, 5.74) is 0.0974. The maximum Gasteiger partial charge on any atom is 0.331 e. The molecule has 2 atom stereocenters. The number of aryl methyl sites for hydroxylation is 1. The van der Waals surface area contributed by atoms with E-state index in [4.69, 9.17) is 4.98 Å². The lowest BCUT2D eigenvalue weighted by atomic mass is 9.67. The van der Waals surface area contributed by atoms with Crippen molar-refractivity contribution in [2.75, 3.05) is 11.4 Å². The normalized spacial score (nSPS) is 27.6. The Hall–Kier alpha value is -3.23. The summed E-state index contributed by atoms with van der Waals surface area (Å²) in [5.74, 6) is -0.422. The molecule has 4 amide bonds. The van der Waals surface area contributed by atoms with Gasteiger partial charge < -0.3 is 4.90 Å². The Labute approximate surface area is 203 Å². The standard InChI is InChI=1S/C26H31N5O4/c1-16-9-8-14-30-20(16)27-21-18(22(30)32)15-26(19-12-6-3-7-13-29(19)21)23(33)28-25(35)31(24(26)34)17-10-4-2-5-11-17/h8-9,14,17,19H,2-7,10-13,15H2,1H3,(H,28,33,35)/t19-,26+/m0/s1. The molecule has 0 unspecified atom stereocenters. The number of hydrogen-bond donors (Lipinski definition) is 1. The highest BCUT2D eigenvalue weighted by molar-refractivity contribution is 6.20.